The Balaban J connectivity index is 1.49. The maximum Gasteiger partial charge on any atom is 0.277 e. The largest absolute Gasteiger partial charge is 0.497 e. The molecule has 8 nitrogen and oxygen atoms in total. The van der Waals surface area contributed by atoms with Crippen molar-refractivity contribution in [2.75, 3.05) is 30.0 Å². The number of anilines is 2. The quantitative estimate of drug-likeness (QED) is 0.633. The number of ether oxygens (including phenoxy) is 1. The second kappa shape index (κ2) is 8.70. The molecule has 1 fully saturated rings. The summed E-state index contributed by atoms with van der Waals surface area (Å²) in [5, 5.41) is 4.64. The molecule has 2 amide bonds. The summed E-state index contributed by atoms with van der Waals surface area (Å²) in [4.78, 5) is 29.5. The van der Waals surface area contributed by atoms with Gasteiger partial charge in [0.15, 0.2) is 0 Å². The molecule has 8 heteroatoms. The molecule has 2 aromatic carbocycles. The first kappa shape index (κ1) is 21.8. The van der Waals surface area contributed by atoms with Crippen molar-refractivity contribution in [3.8, 4) is 11.4 Å². The van der Waals surface area contributed by atoms with Crippen molar-refractivity contribution in [2.45, 2.75) is 25.7 Å². The Morgan fingerprint density at radius 2 is 1.56 bits per heavy atom. The van der Waals surface area contributed by atoms with E-state index in [0.29, 0.717) is 42.2 Å². The van der Waals surface area contributed by atoms with Gasteiger partial charge >= 0.3 is 0 Å². The number of carbonyl (C=O) groups excluding carboxylic acids is 2. The fraction of sp³-hybridized carbons (Fsp3) is 0.269. The van der Waals surface area contributed by atoms with Gasteiger partial charge in [0, 0.05) is 36.4 Å². The fourth-order valence-electron chi connectivity index (χ4n) is 4.67. The molecule has 3 aromatic rings. The molecule has 0 atom stereocenters. The number of methoxy groups -OCH3 is 1. The Morgan fingerprint density at radius 3 is 2.18 bits per heavy atom. The van der Waals surface area contributed by atoms with E-state index in [9.17, 15) is 9.59 Å². The summed E-state index contributed by atoms with van der Waals surface area (Å²) in [6.45, 7) is 5.09. The predicted octanol–water partition coefficient (Wildman–Crippen LogP) is 3.53. The summed E-state index contributed by atoms with van der Waals surface area (Å²) in [5.74, 6) is 0.711. The normalized spacial score (nSPS) is 15.9. The van der Waals surface area contributed by atoms with Crippen LogP contribution < -0.4 is 20.3 Å². The number of benzene rings is 2. The van der Waals surface area contributed by atoms with E-state index in [1.165, 1.54) is 0 Å². The van der Waals surface area contributed by atoms with Crippen LogP contribution in [0, 0.1) is 0 Å². The molecule has 0 unspecified atom stereocenters. The summed E-state index contributed by atoms with van der Waals surface area (Å²) < 4.78 is 6.89. The number of fused-ring (bicyclic) bond motifs is 1. The number of aromatic nitrogens is 2. The lowest BCUT2D eigenvalue weighted by Crippen LogP contribution is -2.39. The molecule has 5 rings (SSSR count). The van der Waals surface area contributed by atoms with E-state index in [4.69, 9.17) is 10.5 Å². The van der Waals surface area contributed by atoms with E-state index in [0.717, 1.165) is 42.0 Å². The number of nitrogens with zero attached hydrogens (tertiary/aromatic N) is 4. The van der Waals surface area contributed by atoms with Crippen molar-refractivity contribution in [3.63, 3.8) is 0 Å². The van der Waals surface area contributed by atoms with Crippen LogP contribution in [0.4, 0.5) is 11.4 Å². The number of rotatable bonds is 5. The zero-order valence-electron chi connectivity index (χ0n) is 19.2. The number of hydrogen-bond acceptors (Lipinski definition) is 5. The van der Waals surface area contributed by atoms with Gasteiger partial charge in [-0.1, -0.05) is 6.58 Å². The molecule has 2 aliphatic heterocycles. The van der Waals surface area contributed by atoms with Gasteiger partial charge in [-0.25, -0.2) is 4.68 Å². The molecular formula is C26H27N5O3. The van der Waals surface area contributed by atoms with Crippen molar-refractivity contribution < 1.29 is 14.3 Å². The second-order valence-corrected chi connectivity index (χ2v) is 8.54. The van der Waals surface area contributed by atoms with E-state index < -0.39 is 0 Å². The van der Waals surface area contributed by atoms with Crippen LogP contribution in [0.5, 0.6) is 5.75 Å². The van der Waals surface area contributed by atoms with Gasteiger partial charge in [-0.05, 0) is 67.8 Å². The van der Waals surface area contributed by atoms with Crippen molar-refractivity contribution in [3.05, 3.63) is 72.1 Å². The number of hydrogen-bond donors (Lipinski definition) is 1. The van der Waals surface area contributed by atoms with Gasteiger partial charge in [-0.2, -0.15) is 5.10 Å². The van der Waals surface area contributed by atoms with Gasteiger partial charge in [0.05, 0.1) is 18.5 Å². The molecule has 0 bridgehead atoms. The first-order valence-corrected chi connectivity index (χ1v) is 11.4. The average molecular weight is 458 g/mol. The molecule has 0 radical (unpaired) electrons. The molecule has 2 aliphatic rings. The molecule has 3 heterocycles. The Labute approximate surface area is 198 Å². The third-order valence-corrected chi connectivity index (χ3v) is 6.43. The van der Waals surface area contributed by atoms with Crippen LogP contribution in [0.15, 0.2) is 55.1 Å². The highest BCUT2D eigenvalue weighted by molar-refractivity contribution is 6.08. The van der Waals surface area contributed by atoms with Gasteiger partial charge in [0.1, 0.15) is 17.1 Å². The molecule has 174 valence electrons. The van der Waals surface area contributed by atoms with Crippen LogP contribution in [0.2, 0.25) is 0 Å². The monoisotopic (exact) mass is 457 g/mol. The Kier molecular flexibility index (Phi) is 5.57. The zero-order valence-corrected chi connectivity index (χ0v) is 19.2. The number of carbonyl (C=O) groups is 2. The van der Waals surface area contributed by atoms with Crippen molar-refractivity contribution in [2.24, 2.45) is 5.73 Å². The number of nitrogens with two attached hydrogens (primary N) is 1. The van der Waals surface area contributed by atoms with Crippen LogP contribution in [-0.2, 0) is 11.2 Å². The lowest BCUT2D eigenvalue weighted by Gasteiger charge is -2.29. The highest BCUT2D eigenvalue weighted by atomic mass is 16.5. The molecule has 1 saturated heterocycles. The molecule has 1 aromatic heterocycles. The number of amides is 2. The molecule has 34 heavy (non-hydrogen) atoms. The Bertz CT molecular complexity index is 1260. The standard InChI is InChI=1S/C26H27N5O3/c1-17(27)24-22-14-16-30(19-8-6-18(7-9-19)29-15-4-3-5-23(29)32)26(33)25(22)31(28-24)20-10-12-21(34-2)13-11-20/h6-13H,1,3-5,14-16,27H2,2H3. The predicted molar refractivity (Wildman–Crippen MR) is 131 cm³/mol. The van der Waals surface area contributed by atoms with Crippen LogP contribution in [0.25, 0.3) is 11.4 Å². The third-order valence-electron chi connectivity index (χ3n) is 6.43. The van der Waals surface area contributed by atoms with E-state index in [1.54, 1.807) is 16.7 Å². The highest BCUT2D eigenvalue weighted by Crippen LogP contribution is 2.32. The summed E-state index contributed by atoms with van der Waals surface area (Å²) in [6.07, 6.45) is 3.14. The zero-order chi connectivity index (χ0) is 23.8. The summed E-state index contributed by atoms with van der Waals surface area (Å²) >= 11 is 0. The van der Waals surface area contributed by atoms with Crippen LogP contribution in [0.3, 0.4) is 0 Å². The first-order chi connectivity index (χ1) is 16.5. The SMILES string of the molecule is C=C(N)c1nn(-c2ccc(OC)cc2)c2c1CCN(c1ccc(N3CCCCC3=O)cc1)C2=O. The van der Waals surface area contributed by atoms with Crippen LogP contribution >= 0.6 is 0 Å². The Hall–Kier alpha value is -4.07. The summed E-state index contributed by atoms with van der Waals surface area (Å²) in [5.41, 5.74) is 10.6. The average Bonchev–Trinajstić information content (AvgIpc) is 3.26. The smallest absolute Gasteiger partial charge is 0.277 e. The second-order valence-electron chi connectivity index (χ2n) is 8.54. The van der Waals surface area contributed by atoms with E-state index in [2.05, 4.69) is 11.7 Å². The molecule has 0 saturated carbocycles. The molecule has 2 N–H and O–H groups in total. The van der Waals surface area contributed by atoms with Gasteiger partial charge < -0.3 is 20.3 Å². The van der Waals surface area contributed by atoms with Gasteiger partial charge in [0.2, 0.25) is 5.91 Å². The van der Waals surface area contributed by atoms with E-state index in [1.807, 2.05) is 53.4 Å². The Morgan fingerprint density at radius 1 is 0.912 bits per heavy atom. The van der Waals surface area contributed by atoms with Crippen LogP contribution in [-0.4, -0.2) is 41.8 Å². The third kappa shape index (κ3) is 3.71. The van der Waals surface area contributed by atoms with Gasteiger partial charge in [-0.3, -0.25) is 9.59 Å². The lowest BCUT2D eigenvalue weighted by molar-refractivity contribution is -0.119. The molecule has 0 spiro atoms. The maximum absolute atomic E-state index is 13.7. The number of piperidine rings is 1. The minimum absolute atomic E-state index is 0.149. The first-order valence-electron chi connectivity index (χ1n) is 11.4. The highest BCUT2D eigenvalue weighted by Gasteiger charge is 2.33. The summed E-state index contributed by atoms with van der Waals surface area (Å²) in [6, 6.07) is 15.0. The lowest BCUT2D eigenvalue weighted by atomic mass is 10.0. The van der Waals surface area contributed by atoms with E-state index >= 15 is 0 Å². The van der Waals surface area contributed by atoms with Crippen molar-refractivity contribution in [1.29, 1.82) is 0 Å². The topological polar surface area (TPSA) is 93.7 Å². The molecule has 0 aliphatic carbocycles. The molecular weight excluding hydrogens is 430 g/mol. The minimum Gasteiger partial charge on any atom is -0.497 e. The summed E-state index contributed by atoms with van der Waals surface area (Å²) in [7, 11) is 1.61. The maximum atomic E-state index is 13.7. The van der Waals surface area contributed by atoms with Crippen molar-refractivity contribution >= 4 is 28.9 Å². The fourth-order valence-corrected chi connectivity index (χ4v) is 4.67. The minimum atomic E-state index is -0.154. The van der Waals surface area contributed by atoms with Crippen molar-refractivity contribution in [1.82, 2.24) is 9.78 Å². The van der Waals surface area contributed by atoms with E-state index in [-0.39, 0.29) is 11.8 Å². The van der Waals surface area contributed by atoms with Gasteiger partial charge in [0.25, 0.3) is 5.91 Å². The van der Waals surface area contributed by atoms with Gasteiger partial charge in [-0.15, -0.1) is 0 Å². The van der Waals surface area contributed by atoms with Crippen LogP contribution in [0.1, 0.15) is 41.0 Å².